The molecule has 0 unspecified atom stereocenters. The van der Waals surface area contributed by atoms with Crippen LogP contribution in [-0.4, -0.2) is 21.5 Å². The van der Waals surface area contributed by atoms with Crippen molar-refractivity contribution < 1.29 is 9.59 Å². The fourth-order valence-electron chi connectivity index (χ4n) is 2.44. The van der Waals surface area contributed by atoms with E-state index in [9.17, 15) is 9.59 Å². The van der Waals surface area contributed by atoms with Crippen LogP contribution in [0.1, 0.15) is 22.8 Å². The Morgan fingerprint density at radius 1 is 1.04 bits per heavy atom. The molecule has 0 radical (unpaired) electrons. The molecule has 2 aromatic carbocycles. The second-order valence-electron chi connectivity index (χ2n) is 5.47. The maximum absolute atomic E-state index is 12.6. The van der Waals surface area contributed by atoms with Gasteiger partial charge in [0.1, 0.15) is 0 Å². The number of nitrogens with zero attached hydrogens (tertiary/aromatic N) is 2. The Hall–Kier alpha value is -3.47. The molecule has 1 aromatic heterocycles. The zero-order chi connectivity index (χ0) is 17.6. The van der Waals surface area contributed by atoms with Gasteiger partial charge in [-0.2, -0.15) is 5.10 Å². The van der Waals surface area contributed by atoms with E-state index in [1.165, 1.54) is 13.0 Å². The van der Waals surface area contributed by atoms with Gasteiger partial charge in [-0.1, -0.05) is 30.3 Å². The predicted octanol–water partition coefficient (Wildman–Crippen LogP) is 3.73. The lowest BCUT2D eigenvalue weighted by atomic mass is 10.1. The first-order valence-electron chi connectivity index (χ1n) is 7.82. The van der Waals surface area contributed by atoms with Gasteiger partial charge in [0.25, 0.3) is 0 Å². The predicted molar refractivity (Wildman–Crippen MR) is 97.7 cm³/mol. The Bertz CT molecular complexity index is 910. The lowest BCUT2D eigenvalue weighted by Gasteiger charge is -2.06. The van der Waals surface area contributed by atoms with E-state index in [4.69, 9.17) is 0 Å². The Balaban J connectivity index is 1.79. The number of para-hydroxylation sites is 1. The molecule has 124 valence electrons. The summed E-state index contributed by atoms with van der Waals surface area (Å²) in [5.41, 5.74) is 2.92. The summed E-state index contributed by atoms with van der Waals surface area (Å²) >= 11 is 0. The lowest BCUT2D eigenvalue weighted by molar-refractivity contribution is -0.114. The molecule has 0 bridgehead atoms. The number of amides is 1. The molecule has 0 atom stereocenters. The van der Waals surface area contributed by atoms with Crippen molar-refractivity contribution in [3.8, 4) is 5.69 Å². The van der Waals surface area contributed by atoms with Gasteiger partial charge in [0.2, 0.25) is 5.91 Å². The smallest absolute Gasteiger partial charge is 0.221 e. The zero-order valence-corrected chi connectivity index (χ0v) is 13.7. The largest absolute Gasteiger partial charge is 0.326 e. The van der Waals surface area contributed by atoms with Crippen LogP contribution in [-0.2, 0) is 4.79 Å². The highest BCUT2D eigenvalue weighted by Crippen LogP contribution is 2.16. The van der Waals surface area contributed by atoms with E-state index >= 15 is 0 Å². The molecule has 5 nitrogen and oxygen atoms in total. The molecule has 3 aromatic rings. The number of benzene rings is 2. The van der Waals surface area contributed by atoms with Crippen LogP contribution in [0.25, 0.3) is 11.8 Å². The summed E-state index contributed by atoms with van der Waals surface area (Å²) in [6, 6.07) is 16.4. The van der Waals surface area contributed by atoms with Crippen LogP contribution in [0.3, 0.4) is 0 Å². The molecule has 1 heterocycles. The molecular weight excluding hydrogens is 314 g/mol. The first-order chi connectivity index (χ1) is 12.1. The summed E-state index contributed by atoms with van der Waals surface area (Å²) in [7, 11) is 0. The SMILES string of the molecule is CC(=O)Nc1ccc(/C=C/C(=O)c2ccccc2-n2cccn2)cc1. The minimum absolute atomic E-state index is 0.1000. The molecule has 25 heavy (non-hydrogen) atoms. The van der Waals surface area contributed by atoms with Gasteiger partial charge in [-0.15, -0.1) is 0 Å². The highest BCUT2D eigenvalue weighted by atomic mass is 16.1. The van der Waals surface area contributed by atoms with Crippen LogP contribution in [0.15, 0.2) is 73.1 Å². The molecular formula is C20H17N3O2. The van der Waals surface area contributed by atoms with Crippen molar-refractivity contribution in [3.63, 3.8) is 0 Å². The number of carbonyl (C=O) groups is 2. The molecule has 0 saturated heterocycles. The Morgan fingerprint density at radius 3 is 2.48 bits per heavy atom. The van der Waals surface area contributed by atoms with Crippen molar-refractivity contribution in [2.24, 2.45) is 0 Å². The summed E-state index contributed by atoms with van der Waals surface area (Å²) in [5.74, 6) is -0.217. The Labute approximate surface area is 145 Å². The number of aromatic nitrogens is 2. The molecule has 5 heteroatoms. The van der Waals surface area contributed by atoms with Crippen LogP contribution >= 0.6 is 0 Å². The van der Waals surface area contributed by atoms with Gasteiger partial charge in [0.15, 0.2) is 5.78 Å². The van der Waals surface area contributed by atoms with Crippen molar-refractivity contribution >= 4 is 23.5 Å². The van der Waals surface area contributed by atoms with Crippen molar-refractivity contribution in [3.05, 3.63) is 84.2 Å². The van der Waals surface area contributed by atoms with Gasteiger partial charge in [0, 0.05) is 30.6 Å². The topological polar surface area (TPSA) is 64.0 Å². The van der Waals surface area contributed by atoms with Crippen molar-refractivity contribution in [2.45, 2.75) is 6.92 Å². The fraction of sp³-hybridized carbons (Fsp3) is 0.0500. The number of ketones is 1. The summed E-state index contributed by atoms with van der Waals surface area (Å²) in [6.45, 7) is 1.46. The van der Waals surface area contributed by atoms with E-state index in [0.29, 0.717) is 5.56 Å². The number of rotatable bonds is 5. The first-order valence-corrected chi connectivity index (χ1v) is 7.82. The molecule has 0 saturated carbocycles. The second-order valence-corrected chi connectivity index (χ2v) is 5.47. The molecule has 0 fully saturated rings. The van der Waals surface area contributed by atoms with Crippen LogP contribution in [0.5, 0.6) is 0 Å². The van der Waals surface area contributed by atoms with E-state index in [0.717, 1.165) is 16.9 Å². The quantitative estimate of drug-likeness (QED) is 0.572. The fourth-order valence-corrected chi connectivity index (χ4v) is 2.44. The molecule has 1 N–H and O–H groups in total. The normalized spacial score (nSPS) is 10.8. The van der Waals surface area contributed by atoms with Crippen molar-refractivity contribution in [1.29, 1.82) is 0 Å². The molecule has 3 rings (SSSR count). The van der Waals surface area contributed by atoms with E-state index in [-0.39, 0.29) is 11.7 Å². The minimum Gasteiger partial charge on any atom is -0.326 e. The van der Waals surface area contributed by atoms with Crippen LogP contribution in [0, 0.1) is 0 Å². The second kappa shape index (κ2) is 7.40. The number of nitrogens with one attached hydrogen (secondary N) is 1. The number of carbonyl (C=O) groups excluding carboxylic acids is 2. The molecule has 0 aliphatic heterocycles. The minimum atomic E-state index is -0.117. The average Bonchev–Trinajstić information content (AvgIpc) is 3.15. The van der Waals surface area contributed by atoms with Crippen LogP contribution < -0.4 is 5.32 Å². The monoisotopic (exact) mass is 331 g/mol. The van der Waals surface area contributed by atoms with Gasteiger partial charge in [0.05, 0.1) is 5.69 Å². The molecule has 0 aliphatic rings. The summed E-state index contributed by atoms with van der Waals surface area (Å²) in [5, 5.41) is 6.89. The highest BCUT2D eigenvalue weighted by molar-refractivity contribution is 6.09. The van der Waals surface area contributed by atoms with Gasteiger partial charge < -0.3 is 5.32 Å². The van der Waals surface area contributed by atoms with E-state index < -0.39 is 0 Å². The molecule has 0 spiro atoms. The highest BCUT2D eigenvalue weighted by Gasteiger charge is 2.09. The third kappa shape index (κ3) is 4.09. The Kier molecular flexibility index (Phi) is 4.85. The maximum atomic E-state index is 12.6. The molecule has 0 aliphatic carbocycles. The zero-order valence-electron chi connectivity index (χ0n) is 13.7. The summed E-state index contributed by atoms with van der Waals surface area (Å²) < 4.78 is 1.67. The summed E-state index contributed by atoms with van der Waals surface area (Å²) in [4.78, 5) is 23.6. The number of hydrogen-bond acceptors (Lipinski definition) is 3. The van der Waals surface area contributed by atoms with Gasteiger partial charge in [-0.05, 0) is 42.0 Å². The third-order valence-corrected chi connectivity index (χ3v) is 3.58. The number of anilines is 1. The van der Waals surface area contributed by atoms with Gasteiger partial charge >= 0.3 is 0 Å². The lowest BCUT2D eigenvalue weighted by Crippen LogP contribution is -2.05. The van der Waals surface area contributed by atoms with Crippen molar-refractivity contribution in [1.82, 2.24) is 9.78 Å². The van der Waals surface area contributed by atoms with Gasteiger partial charge in [-0.25, -0.2) is 4.68 Å². The molecule has 1 amide bonds. The first kappa shape index (κ1) is 16.4. The van der Waals surface area contributed by atoms with E-state index in [1.807, 2.05) is 36.4 Å². The van der Waals surface area contributed by atoms with Gasteiger partial charge in [-0.3, -0.25) is 9.59 Å². The maximum Gasteiger partial charge on any atom is 0.221 e. The summed E-state index contributed by atoms with van der Waals surface area (Å²) in [6.07, 6.45) is 6.76. The number of hydrogen-bond donors (Lipinski definition) is 1. The average molecular weight is 331 g/mol. The van der Waals surface area contributed by atoms with Crippen LogP contribution in [0.4, 0.5) is 5.69 Å². The Morgan fingerprint density at radius 2 is 1.80 bits per heavy atom. The third-order valence-electron chi connectivity index (χ3n) is 3.58. The van der Waals surface area contributed by atoms with Crippen molar-refractivity contribution in [2.75, 3.05) is 5.32 Å². The van der Waals surface area contributed by atoms with E-state index in [2.05, 4.69) is 10.4 Å². The number of allylic oxidation sites excluding steroid dienone is 1. The van der Waals surface area contributed by atoms with Crippen LogP contribution in [0.2, 0.25) is 0 Å². The standard InChI is InChI=1S/C20H17N3O2/c1-15(24)22-17-10-7-16(8-11-17)9-12-20(25)18-5-2-3-6-19(18)23-14-4-13-21-23/h2-14H,1H3,(H,22,24)/b12-9+. The van der Waals surface area contributed by atoms with E-state index in [1.54, 1.807) is 41.4 Å².